The Hall–Kier alpha value is -3.61. The van der Waals surface area contributed by atoms with Gasteiger partial charge in [-0.2, -0.15) is 0 Å². The van der Waals surface area contributed by atoms with Gasteiger partial charge in [0.2, 0.25) is 11.8 Å². The monoisotopic (exact) mass is 578 g/mol. The topological polar surface area (TPSA) is 132 Å². The van der Waals surface area contributed by atoms with Gasteiger partial charge in [-0.25, -0.2) is 13.6 Å². The molecule has 3 amide bonds. The molecule has 0 bridgehead atoms. The number of rotatable bonds is 16. The third kappa shape index (κ3) is 11.1. The van der Waals surface area contributed by atoms with Gasteiger partial charge in [0.05, 0.1) is 6.54 Å². The molecule has 2 rings (SSSR count). The first-order valence-electron chi connectivity index (χ1n) is 13.5. The van der Waals surface area contributed by atoms with Crippen molar-refractivity contribution in [2.24, 2.45) is 5.73 Å². The van der Waals surface area contributed by atoms with E-state index in [1.165, 1.54) is 11.0 Å². The van der Waals surface area contributed by atoms with Crippen molar-refractivity contribution in [2.75, 3.05) is 26.3 Å². The van der Waals surface area contributed by atoms with Crippen LogP contribution in [0.3, 0.4) is 0 Å². The van der Waals surface area contributed by atoms with E-state index in [4.69, 9.17) is 19.9 Å². The number of alkyl carbamates (subject to hydrolysis) is 1. The highest BCUT2D eigenvalue weighted by atomic mass is 19.2. The molecule has 12 heteroatoms. The summed E-state index contributed by atoms with van der Waals surface area (Å²) in [4.78, 5) is 40.9. The lowest BCUT2D eigenvalue weighted by Crippen LogP contribution is -2.58. The molecular weight excluding hydrogens is 538 g/mol. The molecule has 0 aliphatic rings. The number of nitrogens with zero attached hydrogens (tertiary/aromatic N) is 1. The SMILES string of the molecule is CCOC(CN(C(=O)C(Cc1ccc(F)c(F)c1)NC(=O)C(CN)NC(=O)OCc1ccccc1)C(C)C)OCC. The average molecular weight is 579 g/mol. The second-order valence-corrected chi connectivity index (χ2v) is 9.43. The predicted octanol–water partition coefficient (Wildman–Crippen LogP) is 2.88. The molecule has 2 unspecified atom stereocenters. The Bertz CT molecular complexity index is 1120. The molecule has 2 aromatic rings. The maximum atomic E-state index is 14.0. The summed E-state index contributed by atoms with van der Waals surface area (Å²) in [7, 11) is 0. The lowest BCUT2D eigenvalue weighted by atomic mass is 10.0. The molecule has 0 aromatic heterocycles. The molecule has 0 aliphatic carbocycles. The van der Waals surface area contributed by atoms with Crippen molar-refractivity contribution >= 4 is 17.9 Å². The summed E-state index contributed by atoms with van der Waals surface area (Å²) >= 11 is 0. The first-order chi connectivity index (χ1) is 19.6. The number of hydrogen-bond donors (Lipinski definition) is 3. The second kappa shape index (κ2) is 17.3. The Labute approximate surface area is 239 Å². The van der Waals surface area contributed by atoms with Crippen LogP contribution in [0.25, 0.3) is 0 Å². The van der Waals surface area contributed by atoms with E-state index in [9.17, 15) is 23.2 Å². The largest absolute Gasteiger partial charge is 0.445 e. The molecule has 10 nitrogen and oxygen atoms in total. The number of hydrogen-bond acceptors (Lipinski definition) is 7. The number of carbonyl (C=O) groups excluding carboxylic acids is 3. The van der Waals surface area contributed by atoms with Crippen LogP contribution < -0.4 is 16.4 Å². The van der Waals surface area contributed by atoms with Crippen molar-refractivity contribution in [1.29, 1.82) is 0 Å². The molecular formula is C29H40F2N4O6. The molecule has 0 heterocycles. The van der Waals surface area contributed by atoms with Crippen molar-refractivity contribution < 1.29 is 37.4 Å². The fourth-order valence-corrected chi connectivity index (χ4v) is 3.95. The van der Waals surface area contributed by atoms with E-state index in [-0.39, 0.29) is 37.7 Å². The molecule has 2 aromatic carbocycles. The van der Waals surface area contributed by atoms with Gasteiger partial charge in [-0.3, -0.25) is 9.59 Å². The summed E-state index contributed by atoms with van der Waals surface area (Å²) in [6, 6.07) is 9.43. The zero-order valence-corrected chi connectivity index (χ0v) is 23.9. The second-order valence-electron chi connectivity index (χ2n) is 9.43. The molecule has 0 saturated heterocycles. The van der Waals surface area contributed by atoms with Gasteiger partial charge in [0.15, 0.2) is 17.9 Å². The molecule has 0 saturated carbocycles. The zero-order valence-electron chi connectivity index (χ0n) is 23.9. The third-order valence-corrected chi connectivity index (χ3v) is 6.05. The van der Waals surface area contributed by atoms with Crippen LogP contribution in [0, 0.1) is 11.6 Å². The smallest absolute Gasteiger partial charge is 0.408 e. The van der Waals surface area contributed by atoms with E-state index in [0.717, 1.165) is 17.7 Å². The molecule has 0 fully saturated rings. The molecule has 0 spiro atoms. The molecule has 2 atom stereocenters. The lowest BCUT2D eigenvalue weighted by Gasteiger charge is -2.34. The molecule has 41 heavy (non-hydrogen) atoms. The van der Waals surface area contributed by atoms with Crippen LogP contribution >= 0.6 is 0 Å². The first-order valence-corrected chi connectivity index (χ1v) is 13.5. The lowest BCUT2D eigenvalue weighted by molar-refractivity contribution is -0.163. The summed E-state index contributed by atoms with van der Waals surface area (Å²) in [6.07, 6.45) is -1.74. The van der Waals surface area contributed by atoms with Gasteiger partial charge in [0, 0.05) is 32.2 Å². The van der Waals surface area contributed by atoms with E-state index in [0.29, 0.717) is 13.2 Å². The Morgan fingerprint density at radius 2 is 1.56 bits per heavy atom. The highest BCUT2D eigenvalue weighted by molar-refractivity contribution is 5.91. The van der Waals surface area contributed by atoms with Gasteiger partial charge >= 0.3 is 6.09 Å². The summed E-state index contributed by atoms with van der Waals surface area (Å²) in [5.41, 5.74) is 6.78. The number of halogens is 2. The number of benzene rings is 2. The van der Waals surface area contributed by atoms with Crippen LogP contribution in [-0.4, -0.2) is 73.5 Å². The van der Waals surface area contributed by atoms with Gasteiger partial charge in [-0.1, -0.05) is 36.4 Å². The summed E-state index contributed by atoms with van der Waals surface area (Å²) in [6.45, 7) is 7.62. The van der Waals surface area contributed by atoms with Gasteiger partial charge in [0.1, 0.15) is 18.7 Å². The van der Waals surface area contributed by atoms with Crippen LogP contribution in [0.2, 0.25) is 0 Å². The van der Waals surface area contributed by atoms with E-state index >= 15 is 0 Å². The van der Waals surface area contributed by atoms with E-state index in [2.05, 4.69) is 10.6 Å². The zero-order chi connectivity index (χ0) is 30.4. The van der Waals surface area contributed by atoms with E-state index < -0.39 is 47.9 Å². The van der Waals surface area contributed by atoms with Gasteiger partial charge in [-0.05, 0) is 51.0 Å². The Balaban J connectivity index is 2.23. The van der Waals surface area contributed by atoms with Crippen molar-refractivity contribution in [3.05, 3.63) is 71.3 Å². The Morgan fingerprint density at radius 1 is 0.902 bits per heavy atom. The number of ether oxygens (including phenoxy) is 3. The molecule has 0 radical (unpaired) electrons. The minimum absolute atomic E-state index is 0.0208. The normalized spacial score (nSPS) is 12.6. The van der Waals surface area contributed by atoms with Crippen LogP contribution in [0.15, 0.2) is 48.5 Å². The number of carbonyl (C=O) groups is 3. The van der Waals surface area contributed by atoms with Crippen molar-refractivity contribution in [2.45, 2.75) is 65.1 Å². The minimum atomic E-state index is -1.23. The number of amides is 3. The van der Waals surface area contributed by atoms with Crippen molar-refractivity contribution in [3.8, 4) is 0 Å². The molecule has 4 N–H and O–H groups in total. The Kier molecular flexibility index (Phi) is 14.1. The van der Waals surface area contributed by atoms with E-state index in [1.807, 2.05) is 6.07 Å². The summed E-state index contributed by atoms with van der Waals surface area (Å²) < 4.78 is 43.9. The van der Waals surface area contributed by atoms with Crippen LogP contribution in [0.5, 0.6) is 0 Å². The fourth-order valence-electron chi connectivity index (χ4n) is 3.95. The van der Waals surface area contributed by atoms with Gasteiger partial charge < -0.3 is 35.5 Å². The first kappa shape index (κ1) is 33.6. The third-order valence-electron chi connectivity index (χ3n) is 6.05. The van der Waals surface area contributed by atoms with Crippen molar-refractivity contribution in [1.82, 2.24) is 15.5 Å². The fraction of sp³-hybridized carbons (Fsp3) is 0.483. The highest BCUT2D eigenvalue weighted by Crippen LogP contribution is 2.14. The molecule has 0 aliphatic heterocycles. The summed E-state index contributed by atoms with van der Waals surface area (Å²) in [5.74, 6) is -3.39. The standard InChI is InChI=1S/C29H40F2N4O6/c1-5-39-26(40-6-2)17-35(19(3)4)28(37)24(15-21-12-13-22(30)23(31)14-21)33-27(36)25(16-32)34-29(38)41-18-20-10-8-7-9-11-20/h7-14,19,24-26H,5-6,15-18,32H2,1-4H3,(H,33,36)(H,34,38). The van der Waals surface area contributed by atoms with Crippen LogP contribution in [-0.2, 0) is 36.8 Å². The maximum absolute atomic E-state index is 14.0. The minimum Gasteiger partial charge on any atom is -0.445 e. The highest BCUT2D eigenvalue weighted by Gasteiger charge is 2.32. The van der Waals surface area contributed by atoms with E-state index in [1.54, 1.807) is 52.0 Å². The Morgan fingerprint density at radius 3 is 2.12 bits per heavy atom. The quantitative estimate of drug-likeness (QED) is 0.261. The van der Waals surface area contributed by atoms with Crippen molar-refractivity contribution in [3.63, 3.8) is 0 Å². The van der Waals surface area contributed by atoms with Gasteiger partial charge in [-0.15, -0.1) is 0 Å². The van der Waals surface area contributed by atoms with Crippen LogP contribution in [0.4, 0.5) is 13.6 Å². The number of nitrogens with two attached hydrogens (primary N) is 1. The van der Waals surface area contributed by atoms with Gasteiger partial charge in [0.25, 0.3) is 0 Å². The predicted molar refractivity (Wildman–Crippen MR) is 148 cm³/mol. The average Bonchev–Trinajstić information content (AvgIpc) is 2.95. The number of nitrogens with one attached hydrogen (secondary N) is 2. The molecule has 226 valence electrons. The van der Waals surface area contributed by atoms with Crippen LogP contribution in [0.1, 0.15) is 38.8 Å². The summed E-state index contributed by atoms with van der Waals surface area (Å²) in [5, 5.41) is 5.03. The maximum Gasteiger partial charge on any atom is 0.408 e.